The van der Waals surface area contributed by atoms with E-state index in [4.69, 9.17) is 22.7 Å². The van der Waals surface area contributed by atoms with Gasteiger partial charge in [-0.1, -0.05) is 12.2 Å². The molecule has 2 aromatic rings. The number of aryl methyl sites for hydroxylation is 1. The lowest BCUT2D eigenvalue weighted by Crippen LogP contribution is -2.11. The maximum atomic E-state index is 5.66. The summed E-state index contributed by atoms with van der Waals surface area (Å²) >= 11 is 8.47. The van der Waals surface area contributed by atoms with E-state index in [0.29, 0.717) is 4.99 Å². The lowest BCUT2D eigenvalue weighted by molar-refractivity contribution is 0.412. The van der Waals surface area contributed by atoms with Crippen LogP contribution in [0.15, 0.2) is 40.9 Å². The lowest BCUT2D eigenvalue weighted by atomic mass is 10.1. The van der Waals surface area contributed by atoms with Gasteiger partial charge in [0.05, 0.1) is 11.6 Å². The summed E-state index contributed by atoms with van der Waals surface area (Å²) < 4.78 is 6.11. The van der Waals surface area contributed by atoms with Crippen molar-refractivity contribution in [2.75, 3.05) is 12.4 Å². The molecule has 0 aromatic heterocycles. The SMILES string of the molecule is COc1ccc(Nc2ccc(C(N)=S)c(C)c2)cc1Br. The van der Waals surface area contributed by atoms with E-state index >= 15 is 0 Å². The van der Waals surface area contributed by atoms with Gasteiger partial charge >= 0.3 is 0 Å². The van der Waals surface area contributed by atoms with Crippen molar-refractivity contribution in [3.8, 4) is 5.75 Å². The minimum absolute atomic E-state index is 0.418. The van der Waals surface area contributed by atoms with E-state index in [1.54, 1.807) is 7.11 Å². The van der Waals surface area contributed by atoms with Gasteiger partial charge in [0.1, 0.15) is 10.7 Å². The van der Waals surface area contributed by atoms with Crippen LogP contribution in [-0.4, -0.2) is 12.1 Å². The van der Waals surface area contributed by atoms with Gasteiger partial charge in [0.25, 0.3) is 0 Å². The van der Waals surface area contributed by atoms with Gasteiger partial charge in [-0.25, -0.2) is 0 Å². The summed E-state index contributed by atoms with van der Waals surface area (Å²) in [5, 5.41) is 3.33. The average molecular weight is 351 g/mol. The standard InChI is InChI=1S/C15H15BrN2OS/c1-9-7-10(3-5-12(9)15(17)20)18-11-4-6-14(19-2)13(16)8-11/h3-8,18H,1-2H3,(H2,17,20). The zero-order valence-corrected chi connectivity index (χ0v) is 13.6. The Balaban J connectivity index is 2.24. The maximum Gasteiger partial charge on any atom is 0.133 e. The van der Waals surface area contributed by atoms with Crippen LogP contribution in [-0.2, 0) is 0 Å². The molecule has 0 bridgehead atoms. The zero-order chi connectivity index (χ0) is 14.7. The first kappa shape index (κ1) is 14.8. The molecule has 0 saturated carbocycles. The molecule has 0 fully saturated rings. The van der Waals surface area contributed by atoms with E-state index in [9.17, 15) is 0 Å². The van der Waals surface area contributed by atoms with Crippen LogP contribution in [0.5, 0.6) is 5.75 Å². The zero-order valence-electron chi connectivity index (χ0n) is 11.2. The van der Waals surface area contributed by atoms with E-state index < -0.39 is 0 Å². The van der Waals surface area contributed by atoms with E-state index in [0.717, 1.165) is 32.7 Å². The smallest absolute Gasteiger partial charge is 0.133 e. The molecule has 5 heteroatoms. The molecule has 0 aliphatic carbocycles. The highest BCUT2D eigenvalue weighted by molar-refractivity contribution is 9.10. The van der Waals surface area contributed by atoms with Crippen molar-refractivity contribution < 1.29 is 4.74 Å². The molecule has 0 atom stereocenters. The van der Waals surface area contributed by atoms with E-state index in [2.05, 4.69) is 21.2 Å². The minimum Gasteiger partial charge on any atom is -0.496 e. The number of thiocarbonyl (C=S) groups is 1. The first-order valence-corrected chi connectivity index (χ1v) is 7.22. The number of anilines is 2. The molecule has 20 heavy (non-hydrogen) atoms. The number of halogens is 1. The number of ether oxygens (including phenoxy) is 1. The van der Waals surface area contributed by atoms with Crippen molar-refractivity contribution in [2.45, 2.75) is 6.92 Å². The van der Waals surface area contributed by atoms with Crippen molar-refractivity contribution in [3.05, 3.63) is 52.0 Å². The minimum atomic E-state index is 0.418. The Kier molecular flexibility index (Phi) is 4.62. The first-order chi connectivity index (χ1) is 9.51. The molecule has 0 radical (unpaired) electrons. The number of nitrogens with one attached hydrogen (secondary N) is 1. The molecule has 0 spiro atoms. The monoisotopic (exact) mass is 350 g/mol. The van der Waals surface area contributed by atoms with E-state index in [1.165, 1.54) is 0 Å². The Hall–Kier alpha value is -1.59. The van der Waals surface area contributed by atoms with Gasteiger partial charge in [0, 0.05) is 16.9 Å². The highest BCUT2D eigenvalue weighted by atomic mass is 79.9. The Labute approximate surface area is 132 Å². The largest absolute Gasteiger partial charge is 0.496 e. The second-order valence-corrected chi connectivity index (χ2v) is 5.66. The molecule has 0 amide bonds. The highest BCUT2D eigenvalue weighted by Crippen LogP contribution is 2.29. The Morgan fingerprint density at radius 3 is 2.40 bits per heavy atom. The fraction of sp³-hybridized carbons (Fsp3) is 0.133. The van der Waals surface area contributed by atoms with Crippen LogP contribution in [0.1, 0.15) is 11.1 Å². The Morgan fingerprint density at radius 1 is 1.20 bits per heavy atom. The van der Waals surface area contributed by atoms with Gasteiger partial charge in [-0.15, -0.1) is 0 Å². The van der Waals surface area contributed by atoms with Crippen LogP contribution >= 0.6 is 28.1 Å². The lowest BCUT2D eigenvalue weighted by Gasteiger charge is -2.11. The molecule has 2 rings (SSSR count). The van der Waals surface area contributed by atoms with Gasteiger partial charge in [0.2, 0.25) is 0 Å². The van der Waals surface area contributed by atoms with Crippen LogP contribution in [0, 0.1) is 6.92 Å². The normalized spacial score (nSPS) is 10.2. The molecule has 2 aromatic carbocycles. The van der Waals surface area contributed by atoms with E-state index in [-0.39, 0.29) is 0 Å². The third-order valence-electron chi connectivity index (χ3n) is 2.93. The molecule has 0 aliphatic heterocycles. The van der Waals surface area contributed by atoms with Crippen molar-refractivity contribution in [1.29, 1.82) is 0 Å². The predicted molar refractivity (Wildman–Crippen MR) is 91.0 cm³/mol. The molecular formula is C15H15BrN2OS. The average Bonchev–Trinajstić information content (AvgIpc) is 2.38. The highest BCUT2D eigenvalue weighted by Gasteiger charge is 2.05. The van der Waals surface area contributed by atoms with Crippen LogP contribution in [0.2, 0.25) is 0 Å². The number of methoxy groups -OCH3 is 1. The Bertz CT molecular complexity index is 658. The number of hydrogen-bond acceptors (Lipinski definition) is 3. The van der Waals surface area contributed by atoms with Gasteiger partial charge < -0.3 is 15.8 Å². The Morgan fingerprint density at radius 2 is 1.85 bits per heavy atom. The van der Waals surface area contributed by atoms with Crippen molar-refractivity contribution in [3.63, 3.8) is 0 Å². The summed E-state index contributed by atoms with van der Waals surface area (Å²) in [6, 6.07) is 11.7. The van der Waals surface area contributed by atoms with Crippen LogP contribution in [0.25, 0.3) is 0 Å². The molecule has 104 valence electrons. The van der Waals surface area contributed by atoms with Crippen LogP contribution in [0.3, 0.4) is 0 Å². The first-order valence-electron chi connectivity index (χ1n) is 6.02. The second kappa shape index (κ2) is 6.24. The number of rotatable bonds is 4. The summed E-state index contributed by atoms with van der Waals surface area (Å²) in [7, 11) is 1.64. The van der Waals surface area contributed by atoms with Gasteiger partial charge in [-0.2, -0.15) is 0 Å². The fourth-order valence-corrected chi connectivity index (χ4v) is 2.70. The number of nitrogens with two attached hydrogens (primary N) is 1. The van der Waals surface area contributed by atoms with Crippen molar-refractivity contribution in [1.82, 2.24) is 0 Å². The number of benzene rings is 2. The summed E-state index contributed by atoms with van der Waals surface area (Å²) in [5.74, 6) is 0.801. The van der Waals surface area contributed by atoms with Gasteiger partial charge in [-0.05, 0) is 64.8 Å². The third-order valence-corrected chi connectivity index (χ3v) is 3.77. The summed E-state index contributed by atoms with van der Waals surface area (Å²) in [6.07, 6.45) is 0. The second-order valence-electron chi connectivity index (χ2n) is 4.37. The molecular weight excluding hydrogens is 336 g/mol. The van der Waals surface area contributed by atoms with Gasteiger partial charge in [0.15, 0.2) is 0 Å². The topological polar surface area (TPSA) is 47.3 Å². The van der Waals surface area contributed by atoms with Crippen molar-refractivity contribution >= 4 is 44.5 Å². The molecule has 3 nitrogen and oxygen atoms in total. The summed E-state index contributed by atoms with van der Waals surface area (Å²) in [4.78, 5) is 0.418. The van der Waals surface area contributed by atoms with Crippen molar-refractivity contribution in [2.24, 2.45) is 5.73 Å². The maximum absolute atomic E-state index is 5.66. The fourth-order valence-electron chi connectivity index (χ4n) is 1.93. The van der Waals surface area contributed by atoms with Crippen LogP contribution in [0.4, 0.5) is 11.4 Å². The molecule has 0 saturated heterocycles. The molecule has 0 aliphatic rings. The predicted octanol–water partition coefficient (Wildman–Crippen LogP) is 4.14. The van der Waals surface area contributed by atoms with Gasteiger partial charge in [-0.3, -0.25) is 0 Å². The molecule has 0 unspecified atom stereocenters. The van der Waals surface area contributed by atoms with Crippen LogP contribution < -0.4 is 15.8 Å². The number of hydrogen-bond donors (Lipinski definition) is 2. The summed E-state index contributed by atoms with van der Waals surface area (Å²) in [5.41, 5.74) is 9.57. The third kappa shape index (κ3) is 3.29. The quantitative estimate of drug-likeness (QED) is 0.813. The van der Waals surface area contributed by atoms with E-state index in [1.807, 2.05) is 43.3 Å². The molecule has 0 heterocycles. The summed E-state index contributed by atoms with van der Waals surface area (Å²) in [6.45, 7) is 1.99. The molecule has 3 N–H and O–H groups in total.